The minimum absolute atomic E-state index is 0.0144. The van der Waals surface area contributed by atoms with Crippen molar-refractivity contribution in [1.29, 1.82) is 0 Å². The van der Waals surface area contributed by atoms with Crippen molar-refractivity contribution < 1.29 is 104 Å². The van der Waals surface area contributed by atoms with Gasteiger partial charge in [0.1, 0.15) is 66.4 Å². The Morgan fingerprint density at radius 2 is 1.19 bits per heavy atom. The highest BCUT2D eigenvalue weighted by atomic mass is 16.6. The lowest BCUT2D eigenvalue weighted by Gasteiger charge is -2.39. The van der Waals surface area contributed by atoms with Crippen molar-refractivity contribution in [3.8, 4) is 0 Å². The van der Waals surface area contributed by atoms with Crippen LogP contribution in [0.2, 0.25) is 0 Å². The standard InChI is InChI=1S/C33H52N8O13.C23H33NO8/c1-16-26(46)28(48)27(47)23(54-16)6-2-4-17-7-9-18(10-8-17)12-19(34)29(49)40-20(5-3-11-37-33(35)36)30(50)38-14-24(43)39-21(13-25(44)45)31(51)41-22(15-42)32(52)53;1-13-18(25)20(27)19(26)17(31-13)7-5-6-14-8-10-15(11-9-14)12-16(21(28)29)24-22(30)32-23(2,3)4/h7-10,16,19-23,26-28,42,46-48H,2-6,11-15,34H2,1H3,(H,38,50)(H,39,43)(H,40,49)(H,41,51)(H,44,45)(H,52,53)(H4,35,36,37);5-6,8-11,13,16-20,25-27H,7,12H2,1-4H3,(H,24,30)(H,28,29)/b;6-5+/t16?,19?,20?,21-,22?,23-,26+,27?,28-;13?,16?,17-,18+,19?,20-/m00/s1. The monoisotopic (exact) mass is 1220 g/mol. The van der Waals surface area contributed by atoms with Crippen LogP contribution in [-0.4, -0.2) is 221 Å². The maximum absolute atomic E-state index is 13.1. The molecule has 480 valence electrons. The van der Waals surface area contributed by atoms with Gasteiger partial charge in [-0.2, -0.15) is 0 Å². The number of rotatable bonds is 29. The Labute approximate surface area is 496 Å². The smallest absolute Gasteiger partial charge is 0.408 e. The van der Waals surface area contributed by atoms with E-state index in [9.17, 15) is 74.1 Å². The van der Waals surface area contributed by atoms with Gasteiger partial charge in [0.25, 0.3) is 0 Å². The molecular weight excluding hydrogens is 1130 g/mol. The van der Waals surface area contributed by atoms with Crippen molar-refractivity contribution in [2.45, 2.75) is 189 Å². The van der Waals surface area contributed by atoms with Gasteiger partial charge in [0.2, 0.25) is 23.6 Å². The summed E-state index contributed by atoms with van der Waals surface area (Å²) in [5.74, 6) is -8.17. The molecular formula is C56H85N9O21. The highest BCUT2D eigenvalue weighted by Crippen LogP contribution is 2.26. The summed E-state index contributed by atoms with van der Waals surface area (Å²) in [6, 6.07) is 7.48. The predicted octanol–water partition coefficient (Wildman–Crippen LogP) is -3.59. The van der Waals surface area contributed by atoms with Gasteiger partial charge in [-0.3, -0.25) is 29.0 Å². The lowest BCUT2D eigenvalue weighted by molar-refractivity contribution is -0.218. The number of aliphatic carboxylic acids is 3. The van der Waals surface area contributed by atoms with Crippen LogP contribution in [0.3, 0.4) is 0 Å². The summed E-state index contributed by atoms with van der Waals surface area (Å²) in [5.41, 5.74) is 19.4. The second-order valence-electron chi connectivity index (χ2n) is 21.9. The quantitative estimate of drug-likeness (QED) is 0.0213. The van der Waals surface area contributed by atoms with Gasteiger partial charge in [0.05, 0.1) is 50.0 Å². The lowest BCUT2D eigenvalue weighted by atomic mass is 9.92. The van der Waals surface area contributed by atoms with Gasteiger partial charge in [-0.1, -0.05) is 60.7 Å². The van der Waals surface area contributed by atoms with E-state index in [2.05, 4.69) is 26.3 Å². The lowest BCUT2D eigenvalue weighted by Crippen LogP contribution is -2.56. The molecule has 30 heteroatoms. The summed E-state index contributed by atoms with van der Waals surface area (Å²) in [5, 5.41) is 108. The van der Waals surface area contributed by atoms with E-state index in [0.29, 0.717) is 25.7 Å². The summed E-state index contributed by atoms with van der Waals surface area (Å²) in [7, 11) is 0. The number of carbonyl (C=O) groups is 8. The molecule has 0 saturated carbocycles. The minimum atomic E-state index is -1.76. The van der Waals surface area contributed by atoms with Gasteiger partial charge in [0.15, 0.2) is 5.96 Å². The number of aliphatic hydroxyl groups excluding tert-OH is 7. The van der Waals surface area contributed by atoms with Crippen LogP contribution in [-0.2, 0) is 67.0 Å². The van der Waals surface area contributed by atoms with E-state index in [1.807, 2.05) is 23.5 Å². The van der Waals surface area contributed by atoms with Crippen LogP contribution in [0.4, 0.5) is 4.79 Å². The van der Waals surface area contributed by atoms with Crippen LogP contribution >= 0.6 is 0 Å². The first-order chi connectivity index (χ1) is 40.3. The zero-order chi connectivity index (χ0) is 64.6. The van der Waals surface area contributed by atoms with Crippen molar-refractivity contribution >= 4 is 59.7 Å². The Hall–Kier alpha value is -7.39. The average molecular weight is 1220 g/mol. The van der Waals surface area contributed by atoms with Crippen molar-refractivity contribution in [3.05, 3.63) is 76.9 Å². The molecule has 2 aromatic carbocycles. The fourth-order valence-corrected chi connectivity index (χ4v) is 8.82. The first kappa shape index (κ1) is 72.9. The van der Waals surface area contributed by atoms with E-state index in [1.54, 1.807) is 77.1 Å². The molecule has 15 atom stereocenters. The molecule has 8 unspecified atom stereocenters. The molecule has 2 fully saturated rings. The summed E-state index contributed by atoms with van der Waals surface area (Å²) in [6.07, 6.45) is -5.29. The highest BCUT2D eigenvalue weighted by molar-refractivity contribution is 5.95. The molecule has 2 aromatic rings. The Balaban J connectivity index is 0.000000513. The first-order valence-corrected chi connectivity index (χ1v) is 27.8. The predicted molar refractivity (Wildman–Crippen MR) is 306 cm³/mol. The maximum atomic E-state index is 13.1. The number of nitrogens with two attached hydrogens (primary N) is 3. The molecule has 0 spiro atoms. The number of carboxylic acid groups (broad SMARTS) is 3. The molecule has 2 saturated heterocycles. The summed E-state index contributed by atoms with van der Waals surface area (Å²) in [6.45, 7) is 6.70. The molecule has 0 aliphatic carbocycles. The Morgan fingerprint density at radius 3 is 1.73 bits per heavy atom. The van der Waals surface area contributed by atoms with Crippen LogP contribution in [0.1, 0.15) is 95.4 Å². The molecule has 0 bridgehead atoms. The summed E-state index contributed by atoms with van der Waals surface area (Å²) >= 11 is 0. The van der Waals surface area contributed by atoms with Crippen molar-refractivity contribution in [3.63, 3.8) is 0 Å². The molecule has 4 rings (SSSR count). The number of nitrogens with one attached hydrogen (secondary N) is 5. The van der Waals surface area contributed by atoms with Crippen molar-refractivity contribution in [2.24, 2.45) is 22.2 Å². The zero-order valence-electron chi connectivity index (χ0n) is 48.6. The normalized spacial score (nSPS) is 23.7. The number of guanidine groups is 1. The maximum Gasteiger partial charge on any atom is 0.408 e. The molecule has 2 aliphatic rings. The number of carbonyl (C=O) groups excluding carboxylic acids is 5. The number of aryl methyl sites for hydroxylation is 1. The number of benzene rings is 2. The second kappa shape index (κ2) is 35.3. The van der Waals surface area contributed by atoms with Gasteiger partial charge in [-0.15, -0.1) is 0 Å². The Kier molecular flexibility index (Phi) is 29.9. The minimum Gasteiger partial charge on any atom is -0.481 e. The third kappa shape index (κ3) is 25.3. The summed E-state index contributed by atoms with van der Waals surface area (Å²) in [4.78, 5) is 101. The Morgan fingerprint density at radius 1 is 0.651 bits per heavy atom. The van der Waals surface area contributed by atoms with Gasteiger partial charge < -0.3 is 109 Å². The molecule has 21 N–H and O–H groups in total. The third-order valence-electron chi connectivity index (χ3n) is 13.6. The fourth-order valence-electron chi connectivity index (χ4n) is 8.82. The van der Waals surface area contributed by atoms with Crippen molar-refractivity contribution in [2.75, 3.05) is 19.7 Å². The summed E-state index contributed by atoms with van der Waals surface area (Å²) < 4.78 is 16.3. The fraction of sp³-hybridized carbons (Fsp3) is 0.589. The zero-order valence-corrected chi connectivity index (χ0v) is 48.6. The van der Waals surface area contributed by atoms with E-state index in [-0.39, 0.29) is 38.2 Å². The van der Waals surface area contributed by atoms with Gasteiger partial charge in [0, 0.05) is 13.0 Å². The number of alkyl carbamates (subject to hydrolysis) is 1. The molecule has 2 aliphatic heterocycles. The van der Waals surface area contributed by atoms with Crippen LogP contribution in [0, 0.1) is 0 Å². The highest BCUT2D eigenvalue weighted by Gasteiger charge is 2.42. The number of carboxylic acids is 3. The number of nitrogens with zero attached hydrogens (tertiary/aromatic N) is 1. The van der Waals surface area contributed by atoms with Crippen LogP contribution < -0.4 is 43.8 Å². The molecule has 30 nitrogen and oxygen atoms in total. The number of hydrogen-bond donors (Lipinski definition) is 18. The molecule has 0 radical (unpaired) electrons. The molecule has 5 amide bonds. The number of amides is 5. The van der Waals surface area contributed by atoms with Crippen LogP contribution in [0.15, 0.2) is 59.6 Å². The molecule has 2 heterocycles. The number of aliphatic hydroxyl groups is 7. The van der Waals surface area contributed by atoms with E-state index in [0.717, 1.165) is 22.3 Å². The van der Waals surface area contributed by atoms with Gasteiger partial charge in [-0.25, -0.2) is 14.4 Å². The van der Waals surface area contributed by atoms with E-state index in [1.165, 1.54) is 0 Å². The second-order valence-corrected chi connectivity index (χ2v) is 21.9. The SMILES string of the molecule is CC1O[C@@H](C/C=C/c2ccc(CC(NC(=O)OC(C)(C)C)C(=O)O)cc2)C(O)[C@@H](O)[C@@H]1O.CC1O[C@@H](CCCc2ccc(CC(N)C(=O)NC(CCCN=C(N)N)C(=O)NCC(=O)N[C@@H](CC(=O)O)C(=O)NC(CO)C(=O)O)cc2)C(O)[C@@H](O)[C@@H]1O. The van der Waals surface area contributed by atoms with Gasteiger partial charge in [-0.05, 0) is 102 Å². The first-order valence-electron chi connectivity index (χ1n) is 27.8. The average Bonchev–Trinajstić information content (AvgIpc) is 2.96. The van der Waals surface area contributed by atoms with E-state index < -0.39 is 164 Å². The van der Waals surface area contributed by atoms with Crippen LogP contribution in [0.25, 0.3) is 6.08 Å². The van der Waals surface area contributed by atoms with E-state index in [4.69, 9.17) is 46.7 Å². The topological polar surface area (TPSA) is 517 Å². The molecule has 0 aromatic heterocycles. The third-order valence-corrected chi connectivity index (χ3v) is 13.6. The number of aliphatic imine (C=N–C) groups is 1. The van der Waals surface area contributed by atoms with E-state index >= 15 is 0 Å². The van der Waals surface area contributed by atoms with Crippen molar-refractivity contribution in [1.82, 2.24) is 26.6 Å². The van der Waals surface area contributed by atoms with Gasteiger partial charge >= 0.3 is 24.0 Å². The Bertz CT molecular complexity index is 2600. The number of ether oxygens (including phenoxy) is 3. The van der Waals surface area contributed by atoms with Crippen LogP contribution in [0.5, 0.6) is 0 Å². The number of hydrogen-bond acceptors (Lipinski definition) is 20. The molecule has 86 heavy (non-hydrogen) atoms. The largest absolute Gasteiger partial charge is 0.481 e.